The van der Waals surface area contributed by atoms with Crippen molar-refractivity contribution in [2.75, 3.05) is 26.2 Å². The number of benzene rings is 1. The number of hydrogen-bond donors (Lipinski definition) is 1. The summed E-state index contributed by atoms with van der Waals surface area (Å²) >= 11 is 0. The summed E-state index contributed by atoms with van der Waals surface area (Å²) in [4.78, 5) is 2.54. The first-order chi connectivity index (χ1) is 9.36. The Bertz CT molecular complexity index is 297. The van der Waals surface area contributed by atoms with Crippen LogP contribution in [0.5, 0.6) is 0 Å². The zero-order chi connectivity index (χ0) is 13.8. The molecular weight excluding hydrogens is 232 g/mol. The summed E-state index contributed by atoms with van der Waals surface area (Å²) in [5.74, 6) is 0. The molecule has 1 N–H and O–H groups in total. The summed E-state index contributed by atoms with van der Waals surface area (Å²) in [7, 11) is 0. The number of hydrogen-bond acceptors (Lipinski definition) is 2. The molecule has 0 fully saturated rings. The highest BCUT2D eigenvalue weighted by atomic mass is 15.1. The molecule has 0 aliphatic heterocycles. The van der Waals surface area contributed by atoms with E-state index < -0.39 is 0 Å². The first kappa shape index (κ1) is 16.2. The maximum atomic E-state index is 3.46. The molecule has 1 aromatic carbocycles. The summed E-state index contributed by atoms with van der Waals surface area (Å²) in [6.45, 7) is 10.3. The zero-order valence-corrected chi connectivity index (χ0v) is 12.7. The largest absolute Gasteiger partial charge is 0.317 e. The molecular formula is C17H30N2. The van der Waals surface area contributed by atoms with Crippen LogP contribution in [0.1, 0.15) is 45.1 Å². The van der Waals surface area contributed by atoms with Gasteiger partial charge in [-0.05, 0) is 51.0 Å². The first-order valence-electron chi connectivity index (χ1n) is 7.83. The van der Waals surface area contributed by atoms with Gasteiger partial charge < -0.3 is 5.32 Å². The van der Waals surface area contributed by atoms with Crippen LogP contribution >= 0.6 is 0 Å². The Kier molecular flexibility index (Phi) is 9.38. The Morgan fingerprint density at radius 3 is 2.42 bits per heavy atom. The van der Waals surface area contributed by atoms with Gasteiger partial charge in [0.25, 0.3) is 0 Å². The van der Waals surface area contributed by atoms with Crippen molar-refractivity contribution in [3.63, 3.8) is 0 Å². The smallest absolute Gasteiger partial charge is 0.0233 e. The molecule has 108 valence electrons. The van der Waals surface area contributed by atoms with Crippen LogP contribution in [0.25, 0.3) is 0 Å². The van der Waals surface area contributed by atoms with Gasteiger partial charge >= 0.3 is 0 Å². The molecule has 0 radical (unpaired) electrons. The third-order valence-electron chi connectivity index (χ3n) is 3.45. The van der Waals surface area contributed by atoms with Crippen molar-refractivity contribution >= 4 is 0 Å². The minimum absolute atomic E-state index is 1.09. The van der Waals surface area contributed by atoms with E-state index in [0.29, 0.717) is 0 Å². The van der Waals surface area contributed by atoms with Gasteiger partial charge in [-0.15, -0.1) is 0 Å². The fraction of sp³-hybridized carbons (Fsp3) is 0.647. The van der Waals surface area contributed by atoms with Crippen LogP contribution in [0, 0.1) is 0 Å². The van der Waals surface area contributed by atoms with Crippen molar-refractivity contribution in [2.24, 2.45) is 0 Å². The molecule has 0 saturated heterocycles. The Hall–Kier alpha value is -0.860. The molecule has 0 aliphatic carbocycles. The minimum Gasteiger partial charge on any atom is -0.317 e. The highest BCUT2D eigenvalue weighted by Crippen LogP contribution is 2.06. The molecule has 0 aromatic heterocycles. The van der Waals surface area contributed by atoms with Crippen molar-refractivity contribution in [1.82, 2.24) is 10.2 Å². The summed E-state index contributed by atoms with van der Waals surface area (Å²) in [6, 6.07) is 10.8. The molecule has 0 saturated carbocycles. The van der Waals surface area contributed by atoms with Crippen LogP contribution in [0.15, 0.2) is 30.3 Å². The lowest BCUT2D eigenvalue weighted by molar-refractivity contribution is 0.272. The third-order valence-corrected chi connectivity index (χ3v) is 3.45. The predicted octanol–water partition coefficient (Wildman–Crippen LogP) is 3.68. The van der Waals surface area contributed by atoms with Crippen molar-refractivity contribution in [2.45, 2.75) is 46.1 Å². The molecule has 1 aromatic rings. The summed E-state index contributed by atoms with van der Waals surface area (Å²) < 4.78 is 0. The van der Waals surface area contributed by atoms with Crippen LogP contribution in [-0.4, -0.2) is 31.1 Å². The topological polar surface area (TPSA) is 15.3 Å². The lowest BCUT2D eigenvalue weighted by Crippen LogP contribution is -2.24. The number of rotatable bonds is 11. The highest BCUT2D eigenvalue weighted by molar-refractivity contribution is 5.14. The van der Waals surface area contributed by atoms with Gasteiger partial charge in [0.1, 0.15) is 0 Å². The van der Waals surface area contributed by atoms with Gasteiger partial charge in [0.05, 0.1) is 0 Å². The minimum atomic E-state index is 1.09. The van der Waals surface area contributed by atoms with E-state index in [1.54, 1.807) is 0 Å². The van der Waals surface area contributed by atoms with Crippen molar-refractivity contribution in [3.8, 4) is 0 Å². The Morgan fingerprint density at radius 2 is 1.74 bits per heavy atom. The number of nitrogens with one attached hydrogen (secondary N) is 1. The molecule has 0 bridgehead atoms. The lowest BCUT2D eigenvalue weighted by atomic mass is 10.2. The Morgan fingerprint density at radius 1 is 0.947 bits per heavy atom. The van der Waals surface area contributed by atoms with Gasteiger partial charge in [-0.3, -0.25) is 4.90 Å². The van der Waals surface area contributed by atoms with Crippen LogP contribution in [0.3, 0.4) is 0 Å². The maximum Gasteiger partial charge on any atom is 0.0233 e. The second-order valence-corrected chi connectivity index (χ2v) is 5.17. The van der Waals surface area contributed by atoms with E-state index in [4.69, 9.17) is 0 Å². The maximum absolute atomic E-state index is 3.46. The average Bonchev–Trinajstić information content (AvgIpc) is 2.46. The summed E-state index contributed by atoms with van der Waals surface area (Å²) in [5.41, 5.74) is 1.42. The normalized spacial score (nSPS) is 11.1. The quantitative estimate of drug-likeness (QED) is 0.612. The van der Waals surface area contributed by atoms with Crippen LogP contribution in [-0.2, 0) is 6.54 Å². The van der Waals surface area contributed by atoms with Gasteiger partial charge in [-0.2, -0.15) is 0 Å². The molecule has 2 nitrogen and oxygen atoms in total. The van der Waals surface area contributed by atoms with Crippen molar-refractivity contribution < 1.29 is 0 Å². The summed E-state index contributed by atoms with van der Waals surface area (Å²) in [6.07, 6.45) is 5.19. The van der Waals surface area contributed by atoms with Gasteiger partial charge in [0.2, 0.25) is 0 Å². The summed E-state index contributed by atoms with van der Waals surface area (Å²) in [5, 5.41) is 3.46. The molecule has 0 spiro atoms. The fourth-order valence-corrected chi connectivity index (χ4v) is 2.25. The van der Waals surface area contributed by atoms with E-state index >= 15 is 0 Å². The van der Waals surface area contributed by atoms with E-state index in [0.717, 1.165) is 19.6 Å². The van der Waals surface area contributed by atoms with E-state index in [9.17, 15) is 0 Å². The van der Waals surface area contributed by atoms with Crippen LogP contribution in [0.4, 0.5) is 0 Å². The molecule has 2 heteroatoms. The fourth-order valence-electron chi connectivity index (χ4n) is 2.25. The lowest BCUT2D eigenvalue weighted by Gasteiger charge is -2.20. The van der Waals surface area contributed by atoms with Crippen molar-refractivity contribution in [3.05, 3.63) is 35.9 Å². The molecule has 0 amide bonds. The molecule has 0 atom stereocenters. The molecule has 0 heterocycles. The van der Waals surface area contributed by atoms with Gasteiger partial charge in [-0.1, -0.05) is 50.6 Å². The molecule has 0 aliphatic rings. The SMILES string of the molecule is CCCNCCCCCN(CC)Cc1ccccc1. The number of nitrogens with zero attached hydrogens (tertiary/aromatic N) is 1. The van der Waals surface area contributed by atoms with E-state index in [1.165, 1.54) is 44.3 Å². The third kappa shape index (κ3) is 8.02. The second-order valence-electron chi connectivity index (χ2n) is 5.17. The van der Waals surface area contributed by atoms with Gasteiger partial charge in [0.15, 0.2) is 0 Å². The zero-order valence-electron chi connectivity index (χ0n) is 12.7. The van der Waals surface area contributed by atoms with E-state index in [1.807, 2.05) is 0 Å². The Balaban J connectivity index is 2.09. The average molecular weight is 262 g/mol. The van der Waals surface area contributed by atoms with Gasteiger partial charge in [0, 0.05) is 6.54 Å². The van der Waals surface area contributed by atoms with E-state index in [2.05, 4.69) is 54.4 Å². The number of unbranched alkanes of at least 4 members (excludes halogenated alkanes) is 2. The standard InChI is InChI=1S/C17H30N2/c1-3-13-18-14-9-6-10-15-19(4-2)16-17-11-7-5-8-12-17/h5,7-8,11-12,18H,3-4,6,9-10,13-16H2,1-2H3. The molecule has 1 rings (SSSR count). The van der Waals surface area contributed by atoms with Crippen molar-refractivity contribution in [1.29, 1.82) is 0 Å². The molecule has 19 heavy (non-hydrogen) atoms. The van der Waals surface area contributed by atoms with Crippen LogP contribution in [0.2, 0.25) is 0 Å². The predicted molar refractivity (Wildman–Crippen MR) is 84.4 cm³/mol. The highest BCUT2D eigenvalue weighted by Gasteiger charge is 2.02. The Labute approximate surface area is 119 Å². The second kappa shape index (κ2) is 11.0. The first-order valence-corrected chi connectivity index (χ1v) is 7.83. The van der Waals surface area contributed by atoms with Gasteiger partial charge in [-0.25, -0.2) is 0 Å². The monoisotopic (exact) mass is 262 g/mol. The van der Waals surface area contributed by atoms with Crippen LogP contribution < -0.4 is 5.32 Å². The van der Waals surface area contributed by atoms with E-state index in [-0.39, 0.29) is 0 Å². The molecule has 0 unspecified atom stereocenters.